The number of ether oxygens (including phenoxy) is 2. The molecule has 3 heterocycles. The van der Waals surface area contributed by atoms with Crippen molar-refractivity contribution in [2.45, 2.75) is 44.1 Å². The van der Waals surface area contributed by atoms with Crippen LogP contribution in [0.2, 0.25) is 0 Å². The highest BCUT2D eigenvalue weighted by Gasteiger charge is 2.45. The highest BCUT2D eigenvalue weighted by Crippen LogP contribution is 2.42. The van der Waals surface area contributed by atoms with Crippen molar-refractivity contribution < 1.29 is 27.5 Å². The highest BCUT2D eigenvalue weighted by molar-refractivity contribution is 7.89. The predicted molar refractivity (Wildman–Crippen MR) is 155 cm³/mol. The summed E-state index contributed by atoms with van der Waals surface area (Å²) in [6, 6.07) is 9.67. The number of nitrogens with two attached hydrogens (primary N) is 1. The number of Topliss-reactive ketones (excluding diaryl/α,β-unsaturated/α-hetero) is 1. The summed E-state index contributed by atoms with van der Waals surface area (Å²) in [7, 11) is -2.29. The van der Waals surface area contributed by atoms with Gasteiger partial charge in [0.2, 0.25) is 10.0 Å². The van der Waals surface area contributed by atoms with Crippen LogP contribution in [0.1, 0.15) is 54.6 Å². The second-order valence-electron chi connectivity index (χ2n) is 10.4. The Morgan fingerprint density at radius 3 is 2.48 bits per heavy atom. The summed E-state index contributed by atoms with van der Waals surface area (Å²) >= 11 is 0. The number of ketones is 1. The van der Waals surface area contributed by atoms with Crippen LogP contribution in [-0.2, 0) is 24.3 Å². The van der Waals surface area contributed by atoms with Gasteiger partial charge in [0.15, 0.2) is 11.4 Å². The molecular formula is C28H33N7O6S. The quantitative estimate of drug-likeness (QED) is 0.205. The van der Waals surface area contributed by atoms with Crippen LogP contribution in [0.4, 0.5) is 5.82 Å². The van der Waals surface area contributed by atoms with Gasteiger partial charge in [0.1, 0.15) is 11.4 Å². The SMILES string of the molecule is COCCO[C@]1(C(=O)NS(C)(=O)=O)CC[C@H](c2nc3c(-c4cnn(-c5ccccc5)c4)cnn3c(N)c2C(C)=O)CC1. The van der Waals surface area contributed by atoms with Crippen LogP contribution in [0.25, 0.3) is 22.5 Å². The molecule has 1 aliphatic carbocycles. The number of nitrogens with one attached hydrogen (secondary N) is 1. The Morgan fingerprint density at radius 1 is 1.12 bits per heavy atom. The van der Waals surface area contributed by atoms with Crippen LogP contribution in [0, 0.1) is 0 Å². The van der Waals surface area contributed by atoms with E-state index in [-0.39, 0.29) is 49.1 Å². The summed E-state index contributed by atoms with van der Waals surface area (Å²) in [6.45, 7) is 1.78. The largest absolute Gasteiger partial charge is 0.383 e. The third-order valence-electron chi connectivity index (χ3n) is 7.51. The van der Waals surface area contributed by atoms with Crippen molar-refractivity contribution in [1.29, 1.82) is 0 Å². The van der Waals surface area contributed by atoms with Gasteiger partial charge in [-0.2, -0.15) is 14.7 Å². The molecule has 0 saturated heterocycles. The zero-order valence-corrected chi connectivity index (χ0v) is 24.4. The summed E-state index contributed by atoms with van der Waals surface area (Å²) in [6.07, 6.45) is 7.39. The fourth-order valence-corrected chi connectivity index (χ4v) is 5.98. The molecule has 0 atom stereocenters. The van der Waals surface area contributed by atoms with Gasteiger partial charge in [0.25, 0.3) is 5.91 Å². The maximum Gasteiger partial charge on any atom is 0.265 e. The topological polar surface area (TPSA) is 173 Å². The van der Waals surface area contributed by atoms with Crippen LogP contribution >= 0.6 is 0 Å². The minimum Gasteiger partial charge on any atom is -0.383 e. The van der Waals surface area contributed by atoms with Gasteiger partial charge in [-0.15, -0.1) is 0 Å². The van der Waals surface area contributed by atoms with E-state index < -0.39 is 21.5 Å². The Kier molecular flexibility index (Phi) is 8.12. The Labute approximate surface area is 243 Å². The molecule has 3 aromatic heterocycles. The van der Waals surface area contributed by atoms with Gasteiger partial charge in [-0.1, -0.05) is 18.2 Å². The maximum atomic E-state index is 13.1. The van der Waals surface area contributed by atoms with Gasteiger partial charge in [-0.05, 0) is 44.7 Å². The second-order valence-corrected chi connectivity index (χ2v) is 12.2. The monoisotopic (exact) mass is 595 g/mol. The Bertz CT molecular complexity index is 1720. The number of carbonyl (C=O) groups is 2. The van der Waals surface area contributed by atoms with Crippen molar-refractivity contribution >= 4 is 33.2 Å². The molecule has 42 heavy (non-hydrogen) atoms. The number of anilines is 1. The van der Waals surface area contributed by atoms with E-state index in [0.717, 1.165) is 17.5 Å². The number of nitrogens with zero attached hydrogens (tertiary/aromatic N) is 5. The van der Waals surface area contributed by atoms with Crippen molar-refractivity contribution in [3.8, 4) is 16.8 Å². The number of methoxy groups -OCH3 is 1. The van der Waals surface area contributed by atoms with E-state index in [1.54, 1.807) is 17.1 Å². The van der Waals surface area contributed by atoms with Crippen molar-refractivity contribution in [3.05, 3.63) is 60.2 Å². The molecule has 0 aliphatic heterocycles. The first-order chi connectivity index (χ1) is 20.0. The number of para-hydroxylation sites is 1. The summed E-state index contributed by atoms with van der Waals surface area (Å²) in [5.41, 5.74) is 8.78. The first-order valence-corrected chi connectivity index (χ1v) is 15.4. The van der Waals surface area contributed by atoms with E-state index in [1.807, 2.05) is 36.5 Å². The molecule has 0 radical (unpaired) electrons. The first kappa shape index (κ1) is 29.4. The molecule has 13 nitrogen and oxygen atoms in total. The lowest BCUT2D eigenvalue weighted by Crippen LogP contribution is -2.52. The maximum absolute atomic E-state index is 13.1. The number of carbonyl (C=O) groups excluding carboxylic acids is 2. The third-order valence-corrected chi connectivity index (χ3v) is 8.07. The third kappa shape index (κ3) is 5.78. The van der Waals surface area contributed by atoms with Crippen molar-refractivity contribution in [2.75, 3.05) is 32.3 Å². The molecule has 14 heteroatoms. The standard InChI is InChI=1S/C28H33N7O6S/c1-18(36)23-24(19-9-11-28(12-10-19,41-14-13-40-2)27(37)33-42(3,38)39)32-26-22(16-31-35(26)25(23)29)20-15-30-34(17-20)21-7-5-4-6-8-21/h4-8,15-17,19H,9-14,29H2,1-3H3,(H,33,37)/t19-,28+. The van der Waals surface area contributed by atoms with E-state index in [1.165, 1.54) is 18.5 Å². The Hall–Kier alpha value is -4.14. The molecule has 222 valence electrons. The van der Waals surface area contributed by atoms with Gasteiger partial charge in [0.05, 0.1) is 48.8 Å². The van der Waals surface area contributed by atoms with E-state index in [4.69, 9.17) is 20.2 Å². The second kappa shape index (κ2) is 11.6. The minimum absolute atomic E-state index is 0.115. The molecule has 0 unspecified atom stereocenters. The molecule has 1 aliphatic rings. The number of hydrogen-bond acceptors (Lipinski definition) is 10. The number of hydrogen-bond donors (Lipinski definition) is 2. The zero-order chi connectivity index (χ0) is 30.1. The number of benzene rings is 1. The van der Waals surface area contributed by atoms with Crippen molar-refractivity contribution in [3.63, 3.8) is 0 Å². The summed E-state index contributed by atoms with van der Waals surface area (Å²) in [5, 5.41) is 8.91. The van der Waals surface area contributed by atoms with Gasteiger partial charge < -0.3 is 15.2 Å². The normalized spacial score (nSPS) is 19.2. The average molecular weight is 596 g/mol. The van der Waals surface area contributed by atoms with Gasteiger partial charge in [0, 0.05) is 30.4 Å². The van der Waals surface area contributed by atoms with Crippen LogP contribution in [-0.4, -0.2) is 76.7 Å². The number of aromatic nitrogens is 5. The smallest absolute Gasteiger partial charge is 0.265 e. The first-order valence-electron chi connectivity index (χ1n) is 13.5. The molecule has 0 spiro atoms. The number of sulfonamides is 1. The molecule has 0 bridgehead atoms. The Morgan fingerprint density at radius 2 is 1.83 bits per heavy atom. The summed E-state index contributed by atoms with van der Waals surface area (Å²) in [4.78, 5) is 30.8. The van der Waals surface area contributed by atoms with Crippen LogP contribution in [0.15, 0.2) is 48.9 Å². The number of nitrogen functional groups attached to an aromatic ring is 1. The Balaban J connectivity index is 1.50. The molecular weight excluding hydrogens is 562 g/mol. The lowest BCUT2D eigenvalue weighted by Gasteiger charge is -2.38. The molecule has 1 saturated carbocycles. The van der Waals surface area contributed by atoms with Gasteiger partial charge >= 0.3 is 0 Å². The molecule has 1 amide bonds. The van der Waals surface area contributed by atoms with Crippen molar-refractivity contribution in [1.82, 2.24) is 29.1 Å². The van der Waals surface area contributed by atoms with Gasteiger partial charge in [-0.25, -0.2) is 18.1 Å². The summed E-state index contributed by atoms with van der Waals surface area (Å²) < 4.78 is 40.0. The lowest BCUT2D eigenvalue weighted by atomic mass is 9.76. The van der Waals surface area contributed by atoms with Crippen LogP contribution in [0.3, 0.4) is 0 Å². The fourth-order valence-electron chi connectivity index (χ4n) is 5.45. The van der Waals surface area contributed by atoms with E-state index >= 15 is 0 Å². The average Bonchev–Trinajstić information content (AvgIpc) is 3.60. The van der Waals surface area contributed by atoms with Crippen LogP contribution in [0.5, 0.6) is 0 Å². The fraction of sp³-hybridized carbons (Fsp3) is 0.393. The zero-order valence-electron chi connectivity index (χ0n) is 23.6. The minimum atomic E-state index is -3.80. The van der Waals surface area contributed by atoms with Gasteiger partial charge in [-0.3, -0.25) is 14.3 Å². The lowest BCUT2D eigenvalue weighted by molar-refractivity contribution is -0.152. The highest BCUT2D eigenvalue weighted by atomic mass is 32.2. The van der Waals surface area contributed by atoms with E-state index in [9.17, 15) is 18.0 Å². The molecule has 5 rings (SSSR count). The number of amides is 1. The van der Waals surface area contributed by atoms with Crippen molar-refractivity contribution in [2.24, 2.45) is 0 Å². The van der Waals surface area contributed by atoms with Crippen LogP contribution < -0.4 is 10.5 Å². The molecule has 1 aromatic carbocycles. The summed E-state index contributed by atoms with van der Waals surface area (Å²) in [5.74, 6) is -1.04. The molecule has 4 aromatic rings. The number of rotatable bonds is 10. The molecule has 3 N–H and O–H groups in total. The number of fused-ring (bicyclic) bond motifs is 1. The van der Waals surface area contributed by atoms with E-state index in [2.05, 4.69) is 14.9 Å². The predicted octanol–water partition coefficient (Wildman–Crippen LogP) is 2.50. The van der Waals surface area contributed by atoms with E-state index in [0.29, 0.717) is 29.7 Å². The molecule has 1 fully saturated rings.